The van der Waals surface area contributed by atoms with E-state index in [0.717, 1.165) is 25.8 Å². The lowest BCUT2D eigenvalue weighted by Crippen LogP contribution is -2.34. The van der Waals surface area contributed by atoms with E-state index in [1.165, 1.54) is 0 Å². The first-order chi connectivity index (χ1) is 5.68. The van der Waals surface area contributed by atoms with E-state index in [1.54, 1.807) is 6.92 Å². The molecule has 0 aromatic carbocycles. The van der Waals surface area contributed by atoms with Gasteiger partial charge >= 0.3 is 5.97 Å². The smallest absolute Gasteiger partial charge is 0.320 e. The zero-order valence-corrected chi connectivity index (χ0v) is 7.34. The SMILES string of the molecule is C#CCCCCNC(C)C(=O)O. The molecule has 2 N–H and O–H groups in total. The van der Waals surface area contributed by atoms with Gasteiger partial charge in [0.15, 0.2) is 0 Å². The van der Waals surface area contributed by atoms with Crippen LogP contribution in [0.3, 0.4) is 0 Å². The van der Waals surface area contributed by atoms with Crippen molar-refractivity contribution >= 4 is 5.97 Å². The standard InChI is InChI=1S/C9H15NO2/c1-3-4-5-6-7-10-8(2)9(11)12/h1,8,10H,4-7H2,2H3,(H,11,12). The van der Waals surface area contributed by atoms with Crippen LogP contribution in [0.4, 0.5) is 0 Å². The average molecular weight is 169 g/mol. The van der Waals surface area contributed by atoms with Gasteiger partial charge in [0.1, 0.15) is 6.04 Å². The number of hydrogen-bond acceptors (Lipinski definition) is 2. The Morgan fingerprint density at radius 1 is 1.67 bits per heavy atom. The molecule has 0 aliphatic carbocycles. The highest BCUT2D eigenvalue weighted by atomic mass is 16.4. The molecule has 0 amide bonds. The third-order valence-electron chi connectivity index (χ3n) is 1.57. The summed E-state index contributed by atoms with van der Waals surface area (Å²) in [6.07, 6.45) is 7.71. The molecule has 0 bridgehead atoms. The van der Waals surface area contributed by atoms with Gasteiger partial charge in [0, 0.05) is 6.42 Å². The lowest BCUT2D eigenvalue weighted by molar-refractivity contribution is -0.138. The van der Waals surface area contributed by atoms with Crippen LogP contribution in [-0.2, 0) is 4.79 Å². The molecule has 0 rings (SSSR count). The van der Waals surface area contributed by atoms with Crippen molar-refractivity contribution in [3.05, 3.63) is 0 Å². The molecule has 12 heavy (non-hydrogen) atoms. The van der Waals surface area contributed by atoms with Gasteiger partial charge in [0.05, 0.1) is 0 Å². The Morgan fingerprint density at radius 3 is 2.83 bits per heavy atom. The molecule has 3 heteroatoms. The van der Waals surface area contributed by atoms with E-state index in [0.29, 0.717) is 0 Å². The fraction of sp³-hybridized carbons (Fsp3) is 0.667. The van der Waals surface area contributed by atoms with E-state index in [2.05, 4.69) is 11.2 Å². The van der Waals surface area contributed by atoms with Crippen molar-refractivity contribution in [3.8, 4) is 12.3 Å². The van der Waals surface area contributed by atoms with Crippen molar-refractivity contribution in [2.45, 2.75) is 32.2 Å². The average Bonchev–Trinajstić information content (AvgIpc) is 2.03. The van der Waals surface area contributed by atoms with E-state index in [-0.39, 0.29) is 0 Å². The monoisotopic (exact) mass is 169 g/mol. The Balaban J connectivity index is 3.21. The fourth-order valence-corrected chi connectivity index (χ4v) is 0.758. The summed E-state index contributed by atoms with van der Waals surface area (Å²) in [6.45, 7) is 2.35. The Labute approximate surface area is 73.2 Å². The summed E-state index contributed by atoms with van der Waals surface area (Å²) < 4.78 is 0. The quantitative estimate of drug-likeness (QED) is 0.458. The van der Waals surface area contributed by atoms with Crippen molar-refractivity contribution in [1.82, 2.24) is 5.32 Å². The van der Waals surface area contributed by atoms with Gasteiger partial charge in [-0.25, -0.2) is 0 Å². The van der Waals surface area contributed by atoms with Crippen LogP contribution in [0, 0.1) is 12.3 Å². The molecular formula is C9H15NO2. The lowest BCUT2D eigenvalue weighted by Gasteiger charge is -2.07. The number of rotatable bonds is 6. The summed E-state index contributed by atoms with van der Waals surface area (Å²) in [4.78, 5) is 10.3. The predicted octanol–water partition coefficient (Wildman–Crippen LogP) is 0.853. The van der Waals surface area contributed by atoms with Crippen LogP contribution in [0.5, 0.6) is 0 Å². The number of carboxylic acid groups (broad SMARTS) is 1. The fourth-order valence-electron chi connectivity index (χ4n) is 0.758. The predicted molar refractivity (Wildman–Crippen MR) is 47.8 cm³/mol. The minimum atomic E-state index is -0.813. The highest BCUT2D eigenvalue weighted by Gasteiger charge is 2.07. The van der Waals surface area contributed by atoms with Crippen LogP contribution < -0.4 is 5.32 Å². The molecule has 0 spiro atoms. The van der Waals surface area contributed by atoms with Gasteiger partial charge < -0.3 is 10.4 Å². The normalized spacial score (nSPS) is 12.0. The Bertz CT molecular complexity index is 172. The molecule has 0 aliphatic rings. The van der Waals surface area contributed by atoms with E-state index >= 15 is 0 Å². The first kappa shape index (κ1) is 11.0. The highest BCUT2D eigenvalue weighted by molar-refractivity contribution is 5.72. The summed E-state index contributed by atoms with van der Waals surface area (Å²) >= 11 is 0. The maximum Gasteiger partial charge on any atom is 0.320 e. The molecule has 0 radical (unpaired) electrons. The molecule has 0 saturated carbocycles. The number of terminal acetylenes is 1. The van der Waals surface area contributed by atoms with Crippen LogP contribution in [0.2, 0.25) is 0 Å². The van der Waals surface area contributed by atoms with Crippen LogP contribution in [0.15, 0.2) is 0 Å². The molecule has 0 aliphatic heterocycles. The topological polar surface area (TPSA) is 49.3 Å². The number of hydrogen-bond donors (Lipinski definition) is 2. The van der Waals surface area contributed by atoms with Crippen LogP contribution >= 0.6 is 0 Å². The summed E-state index contributed by atoms with van der Waals surface area (Å²) in [7, 11) is 0. The van der Waals surface area contributed by atoms with E-state index in [4.69, 9.17) is 11.5 Å². The first-order valence-electron chi connectivity index (χ1n) is 4.08. The molecule has 68 valence electrons. The number of unbranched alkanes of at least 4 members (excludes halogenated alkanes) is 2. The van der Waals surface area contributed by atoms with Gasteiger partial charge in [-0.1, -0.05) is 0 Å². The largest absolute Gasteiger partial charge is 0.480 e. The number of carboxylic acids is 1. The van der Waals surface area contributed by atoms with Gasteiger partial charge in [-0.3, -0.25) is 4.79 Å². The molecule has 0 aromatic rings. The van der Waals surface area contributed by atoms with Crippen molar-refractivity contribution in [1.29, 1.82) is 0 Å². The summed E-state index contributed by atoms with van der Waals surface area (Å²) in [5.41, 5.74) is 0. The van der Waals surface area contributed by atoms with Gasteiger partial charge in [0.25, 0.3) is 0 Å². The number of aliphatic carboxylic acids is 1. The second-order valence-corrected chi connectivity index (χ2v) is 2.68. The van der Waals surface area contributed by atoms with E-state index < -0.39 is 12.0 Å². The van der Waals surface area contributed by atoms with E-state index in [9.17, 15) is 4.79 Å². The second-order valence-electron chi connectivity index (χ2n) is 2.68. The maximum absolute atomic E-state index is 10.3. The Kier molecular flexibility index (Phi) is 6.12. The Morgan fingerprint density at radius 2 is 2.33 bits per heavy atom. The van der Waals surface area contributed by atoms with Gasteiger partial charge in [-0.05, 0) is 26.3 Å². The molecule has 1 atom stereocenters. The van der Waals surface area contributed by atoms with Crippen molar-refractivity contribution in [3.63, 3.8) is 0 Å². The number of nitrogens with one attached hydrogen (secondary N) is 1. The van der Waals surface area contributed by atoms with Gasteiger partial charge in [0.2, 0.25) is 0 Å². The third-order valence-corrected chi connectivity index (χ3v) is 1.57. The molecule has 0 fully saturated rings. The molecular weight excluding hydrogens is 154 g/mol. The first-order valence-corrected chi connectivity index (χ1v) is 4.08. The molecule has 3 nitrogen and oxygen atoms in total. The van der Waals surface area contributed by atoms with Crippen molar-refractivity contribution in [2.75, 3.05) is 6.54 Å². The molecule has 1 unspecified atom stereocenters. The van der Waals surface area contributed by atoms with Gasteiger partial charge in [-0.15, -0.1) is 12.3 Å². The summed E-state index contributed by atoms with van der Waals surface area (Å²) in [5.74, 6) is 1.72. The minimum absolute atomic E-state index is 0.462. The minimum Gasteiger partial charge on any atom is -0.480 e. The third kappa shape index (κ3) is 5.75. The number of carbonyl (C=O) groups is 1. The summed E-state index contributed by atoms with van der Waals surface area (Å²) in [6, 6.07) is -0.462. The van der Waals surface area contributed by atoms with Gasteiger partial charge in [-0.2, -0.15) is 0 Å². The van der Waals surface area contributed by atoms with Crippen molar-refractivity contribution < 1.29 is 9.90 Å². The van der Waals surface area contributed by atoms with Crippen LogP contribution in [0.25, 0.3) is 0 Å². The molecule has 0 heterocycles. The van der Waals surface area contributed by atoms with Crippen LogP contribution in [-0.4, -0.2) is 23.7 Å². The zero-order valence-electron chi connectivity index (χ0n) is 7.34. The van der Waals surface area contributed by atoms with Crippen LogP contribution in [0.1, 0.15) is 26.2 Å². The van der Waals surface area contributed by atoms with Crippen molar-refractivity contribution in [2.24, 2.45) is 0 Å². The molecule has 0 aromatic heterocycles. The zero-order chi connectivity index (χ0) is 9.40. The lowest BCUT2D eigenvalue weighted by atomic mass is 10.2. The maximum atomic E-state index is 10.3. The summed E-state index contributed by atoms with van der Waals surface area (Å²) in [5, 5.41) is 11.4. The van der Waals surface area contributed by atoms with E-state index in [1.807, 2.05) is 0 Å². The Hall–Kier alpha value is -1.01. The second kappa shape index (κ2) is 6.68. The highest BCUT2D eigenvalue weighted by Crippen LogP contribution is 1.92. The molecule has 0 saturated heterocycles.